The van der Waals surface area contributed by atoms with E-state index < -0.39 is 11.0 Å². The van der Waals surface area contributed by atoms with Gasteiger partial charge in [0, 0.05) is 17.7 Å². The Balaban J connectivity index is 1.58. The van der Waals surface area contributed by atoms with Crippen molar-refractivity contribution in [3.05, 3.63) is 52.6 Å². The molecule has 2 atom stereocenters. The second kappa shape index (κ2) is 10.4. The van der Waals surface area contributed by atoms with Gasteiger partial charge in [-0.25, -0.2) is 9.78 Å². The zero-order chi connectivity index (χ0) is 25.1. The van der Waals surface area contributed by atoms with Crippen LogP contribution in [0.15, 0.2) is 30.6 Å². The summed E-state index contributed by atoms with van der Waals surface area (Å²) in [6, 6.07) is 7.78. The highest BCUT2D eigenvalue weighted by molar-refractivity contribution is 6.33. The molecule has 1 aromatic carbocycles. The monoisotopic (exact) mass is 496 g/mol. The fourth-order valence-electron chi connectivity index (χ4n) is 5.62. The number of nitriles is 1. The van der Waals surface area contributed by atoms with E-state index in [0.717, 1.165) is 49.1 Å². The molecule has 1 aromatic heterocycles. The number of carbonyl (C=O) groups is 1. The summed E-state index contributed by atoms with van der Waals surface area (Å²) in [6.45, 7) is 5.11. The summed E-state index contributed by atoms with van der Waals surface area (Å²) >= 11 is 6.46. The lowest BCUT2D eigenvalue weighted by atomic mass is 9.67. The predicted octanol–water partition coefficient (Wildman–Crippen LogP) is 5.67. The number of aryl methyl sites for hydroxylation is 1. The van der Waals surface area contributed by atoms with Crippen LogP contribution in [0.25, 0.3) is 6.08 Å². The number of carbonyl (C=O) groups excluding carboxylic acids is 1. The van der Waals surface area contributed by atoms with Gasteiger partial charge < -0.3 is 14.4 Å². The standard InChI is InChI=1S/C27H33ClN4O3/c1-3-7-24-22(8-4-5-13-29)30-19-31(24)16-26(18-33)11-6-12-27(15-26)17-32(25(34)35-27)23-10-9-20(2)14-21(23)28/h4,8-10,14,19,33H,3,5-7,11-12,15-18H2,1-2H3/b8-4-/t26-,27+/m1/s1. The molecule has 1 saturated heterocycles. The van der Waals surface area contributed by atoms with Gasteiger partial charge in [-0.15, -0.1) is 0 Å². The van der Waals surface area contributed by atoms with E-state index in [0.29, 0.717) is 36.6 Å². The fourth-order valence-corrected chi connectivity index (χ4v) is 5.96. The van der Waals surface area contributed by atoms with Crippen molar-refractivity contribution < 1.29 is 14.6 Å². The van der Waals surface area contributed by atoms with E-state index in [1.54, 1.807) is 4.90 Å². The normalized spacial score (nSPS) is 24.3. The van der Waals surface area contributed by atoms with Gasteiger partial charge in [-0.3, -0.25) is 4.90 Å². The van der Waals surface area contributed by atoms with Crippen molar-refractivity contribution in [2.75, 3.05) is 18.1 Å². The van der Waals surface area contributed by atoms with Gasteiger partial charge in [-0.05, 0) is 62.8 Å². The number of benzene rings is 1. The van der Waals surface area contributed by atoms with Crippen LogP contribution in [-0.2, 0) is 17.7 Å². The number of amides is 1. The van der Waals surface area contributed by atoms with Crippen molar-refractivity contribution in [3.63, 3.8) is 0 Å². The number of hydrogen-bond acceptors (Lipinski definition) is 5. The van der Waals surface area contributed by atoms with Crippen molar-refractivity contribution in [1.29, 1.82) is 5.26 Å². The molecule has 2 aliphatic rings. The predicted molar refractivity (Wildman–Crippen MR) is 136 cm³/mol. The Hall–Kier alpha value is -2.82. The number of rotatable bonds is 8. The van der Waals surface area contributed by atoms with E-state index in [-0.39, 0.29) is 12.7 Å². The molecule has 186 valence electrons. The first-order valence-electron chi connectivity index (χ1n) is 12.3. The maximum Gasteiger partial charge on any atom is 0.415 e. The first kappa shape index (κ1) is 25.3. The van der Waals surface area contributed by atoms with E-state index in [1.807, 2.05) is 43.6 Å². The third-order valence-corrected chi connectivity index (χ3v) is 7.50. The van der Waals surface area contributed by atoms with E-state index in [1.165, 1.54) is 0 Å². The minimum atomic E-state index is -0.659. The summed E-state index contributed by atoms with van der Waals surface area (Å²) in [5, 5.41) is 20.0. The highest BCUT2D eigenvalue weighted by Gasteiger charge is 2.53. The maximum absolute atomic E-state index is 12.9. The van der Waals surface area contributed by atoms with Gasteiger partial charge in [0.05, 0.1) is 48.4 Å². The van der Waals surface area contributed by atoms with Crippen LogP contribution in [0.4, 0.5) is 10.5 Å². The van der Waals surface area contributed by atoms with E-state index in [2.05, 4.69) is 22.5 Å². The molecule has 1 spiro atoms. The van der Waals surface area contributed by atoms with Gasteiger partial charge in [0.15, 0.2) is 0 Å². The van der Waals surface area contributed by atoms with Crippen LogP contribution < -0.4 is 4.90 Å². The van der Waals surface area contributed by atoms with Crippen LogP contribution in [0.2, 0.25) is 5.02 Å². The molecule has 4 rings (SSSR count). The van der Waals surface area contributed by atoms with Crippen LogP contribution >= 0.6 is 11.6 Å². The average molecular weight is 497 g/mol. The number of anilines is 1. The number of nitrogens with zero attached hydrogens (tertiary/aromatic N) is 4. The first-order chi connectivity index (χ1) is 16.8. The van der Waals surface area contributed by atoms with E-state index in [9.17, 15) is 9.90 Å². The molecule has 1 N–H and O–H groups in total. The summed E-state index contributed by atoms with van der Waals surface area (Å²) in [5.41, 5.74) is 2.57. The van der Waals surface area contributed by atoms with Gasteiger partial charge in [-0.2, -0.15) is 5.26 Å². The van der Waals surface area contributed by atoms with E-state index in [4.69, 9.17) is 21.6 Å². The average Bonchev–Trinajstić information content (AvgIpc) is 3.34. The highest BCUT2D eigenvalue weighted by Crippen LogP contribution is 2.48. The molecule has 7 nitrogen and oxygen atoms in total. The second-order valence-corrected chi connectivity index (χ2v) is 10.4. The fraction of sp³-hybridized carbons (Fsp3) is 0.519. The maximum atomic E-state index is 12.9. The van der Waals surface area contributed by atoms with Crippen molar-refractivity contribution in [3.8, 4) is 6.07 Å². The van der Waals surface area contributed by atoms with Crippen LogP contribution in [0.1, 0.15) is 62.4 Å². The Kier molecular flexibility index (Phi) is 7.53. The molecular formula is C27H33ClN4O3. The Labute approximate surface area is 212 Å². The Bertz CT molecular complexity index is 1150. The summed E-state index contributed by atoms with van der Waals surface area (Å²) in [4.78, 5) is 19.2. The van der Waals surface area contributed by atoms with Gasteiger partial charge in [-0.1, -0.05) is 37.1 Å². The molecule has 8 heteroatoms. The molecule has 1 amide bonds. The molecule has 1 aliphatic heterocycles. The van der Waals surface area contributed by atoms with Crippen LogP contribution in [0.5, 0.6) is 0 Å². The topological polar surface area (TPSA) is 91.4 Å². The van der Waals surface area contributed by atoms with E-state index >= 15 is 0 Å². The minimum absolute atomic E-state index is 0.000931. The molecule has 1 aliphatic carbocycles. The summed E-state index contributed by atoms with van der Waals surface area (Å²) in [6.07, 6.45) is 10.4. The zero-order valence-electron chi connectivity index (χ0n) is 20.5. The smallest absolute Gasteiger partial charge is 0.415 e. The summed E-state index contributed by atoms with van der Waals surface area (Å²) < 4.78 is 8.17. The molecule has 2 fully saturated rings. The number of allylic oxidation sites excluding steroid dienone is 1. The van der Waals surface area contributed by atoms with Crippen LogP contribution in [0, 0.1) is 23.7 Å². The van der Waals surface area contributed by atoms with Gasteiger partial charge in [0.1, 0.15) is 5.60 Å². The molecule has 0 radical (unpaired) electrons. The molecule has 1 saturated carbocycles. The van der Waals surface area contributed by atoms with Crippen molar-refractivity contribution >= 4 is 29.5 Å². The molecule has 2 heterocycles. The van der Waals surface area contributed by atoms with Crippen molar-refractivity contribution in [1.82, 2.24) is 9.55 Å². The van der Waals surface area contributed by atoms with Gasteiger partial charge in [0.2, 0.25) is 0 Å². The number of aliphatic hydroxyl groups excluding tert-OH is 1. The number of hydrogen-bond donors (Lipinski definition) is 1. The number of halogens is 1. The highest BCUT2D eigenvalue weighted by atomic mass is 35.5. The number of ether oxygens (including phenoxy) is 1. The lowest BCUT2D eigenvalue weighted by Gasteiger charge is -2.44. The first-order valence-corrected chi connectivity index (χ1v) is 12.7. The van der Waals surface area contributed by atoms with Crippen LogP contribution in [0.3, 0.4) is 0 Å². The number of imidazole rings is 1. The third kappa shape index (κ3) is 5.24. The lowest BCUT2D eigenvalue weighted by Crippen LogP contribution is -2.48. The lowest BCUT2D eigenvalue weighted by molar-refractivity contribution is -0.0548. The van der Waals surface area contributed by atoms with Crippen molar-refractivity contribution in [2.24, 2.45) is 5.41 Å². The molecule has 35 heavy (non-hydrogen) atoms. The molecular weight excluding hydrogens is 464 g/mol. The SMILES string of the molecule is CCCc1c(/C=C\CC#N)ncn1C[C@@]1(CO)CCC[C@@]2(CN(c3ccc(C)cc3Cl)C(=O)O2)C1. The van der Waals surface area contributed by atoms with Gasteiger partial charge in [0.25, 0.3) is 0 Å². The Morgan fingerprint density at radius 1 is 1.37 bits per heavy atom. The summed E-state index contributed by atoms with van der Waals surface area (Å²) in [5.74, 6) is 0. The second-order valence-electron chi connectivity index (χ2n) is 10.00. The molecule has 0 unspecified atom stereocenters. The quantitative estimate of drug-likeness (QED) is 0.508. The molecule has 2 aromatic rings. The minimum Gasteiger partial charge on any atom is -0.441 e. The zero-order valence-corrected chi connectivity index (χ0v) is 21.2. The third-order valence-electron chi connectivity index (χ3n) is 7.19. The van der Waals surface area contributed by atoms with Gasteiger partial charge >= 0.3 is 6.09 Å². The number of aromatic nitrogens is 2. The molecule has 0 bridgehead atoms. The Morgan fingerprint density at radius 3 is 2.91 bits per heavy atom. The summed E-state index contributed by atoms with van der Waals surface area (Å²) in [7, 11) is 0. The number of aliphatic hydroxyl groups is 1. The van der Waals surface area contributed by atoms with Crippen LogP contribution in [-0.4, -0.2) is 39.5 Å². The Morgan fingerprint density at radius 2 is 2.20 bits per heavy atom. The largest absolute Gasteiger partial charge is 0.441 e. The van der Waals surface area contributed by atoms with Crippen molar-refractivity contribution in [2.45, 2.75) is 70.9 Å².